The molecule has 1 atom stereocenters. The van der Waals surface area contributed by atoms with Gasteiger partial charge in [0.2, 0.25) is 0 Å². The first-order valence-electron chi connectivity index (χ1n) is 7.27. The van der Waals surface area contributed by atoms with Gasteiger partial charge in [-0.25, -0.2) is 4.39 Å². The fourth-order valence-electron chi connectivity index (χ4n) is 3.04. The molecule has 0 unspecified atom stereocenters. The first-order valence-corrected chi connectivity index (χ1v) is 7.27. The lowest BCUT2D eigenvalue weighted by atomic mass is 9.78. The van der Waals surface area contributed by atoms with Crippen molar-refractivity contribution in [3.8, 4) is 0 Å². The van der Waals surface area contributed by atoms with E-state index in [1.165, 1.54) is 6.07 Å². The molecule has 0 aromatic heterocycles. The second-order valence-corrected chi connectivity index (χ2v) is 6.34. The zero-order chi connectivity index (χ0) is 14.8. The van der Waals surface area contributed by atoms with Gasteiger partial charge in [0.05, 0.1) is 0 Å². The van der Waals surface area contributed by atoms with E-state index in [-0.39, 0.29) is 23.9 Å². The second-order valence-electron chi connectivity index (χ2n) is 6.34. The lowest BCUT2D eigenvalue weighted by Crippen LogP contribution is -2.49. The van der Waals surface area contributed by atoms with E-state index in [0.717, 1.165) is 37.3 Å². The van der Waals surface area contributed by atoms with Gasteiger partial charge in [-0.2, -0.15) is 0 Å². The highest BCUT2D eigenvalue weighted by Crippen LogP contribution is 2.39. The van der Waals surface area contributed by atoms with Gasteiger partial charge in [-0.15, -0.1) is 0 Å². The van der Waals surface area contributed by atoms with Crippen LogP contribution in [0.4, 0.5) is 4.39 Å². The Kier molecular flexibility index (Phi) is 4.78. The normalized spacial score (nSPS) is 19.1. The molecular weight excluding hydrogens is 255 g/mol. The fraction of sp³-hybridized carbons (Fsp3) is 0.625. The van der Waals surface area contributed by atoms with Crippen LogP contribution in [0.25, 0.3) is 0 Å². The number of rotatable bonds is 4. The number of piperazine rings is 1. The second kappa shape index (κ2) is 6.20. The van der Waals surface area contributed by atoms with Crippen molar-refractivity contribution in [2.75, 3.05) is 32.8 Å². The van der Waals surface area contributed by atoms with E-state index in [2.05, 4.69) is 10.2 Å². The van der Waals surface area contributed by atoms with Gasteiger partial charge in [0.15, 0.2) is 0 Å². The Bertz CT molecular complexity index is 456. The van der Waals surface area contributed by atoms with Crippen molar-refractivity contribution in [2.24, 2.45) is 5.41 Å². The van der Waals surface area contributed by atoms with E-state index >= 15 is 0 Å². The Morgan fingerprint density at radius 3 is 2.60 bits per heavy atom. The van der Waals surface area contributed by atoms with E-state index in [1.807, 2.05) is 26.8 Å². The number of hydrogen-bond donors (Lipinski definition) is 2. The van der Waals surface area contributed by atoms with Crippen LogP contribution in [-0.2, 0) is 0 Å². The predicted octanol–water partition coefficient (Wildman–Crippen LogP) is 2.10. The maximum atomic E-state index is 13.7. The van der Waals surface area contributed by atoms with Crippen molar-refractivity contribution in [3.05, 3.63) is 35.1 Å². The van der Waals surface area contributed by atoms with Crippen molar-refractivity contribution in [2.45, 2.75) is 26.8 Å². The first-order chi connectivity index (χ1) is 9.45. The molecule has 3 nitrogen and oxygen atoms in total. The molecule has 0 amide bonds. The SMILES string of the molecule is Cc1ccc(F)cc1[C@@H](N1CCNCC1)C(C)(C)CO. The number of aliphatic hydroxyl groups excluding tert-OH is 1. The quantitative estimate of drug-likeness (QED) is 0.886. The Hall–Kier alpha value is -0.970. The maximum Gasteiger partial charge on any atom is 0.123 e. The minimum absolute atomic E-state index is 0.0327. The molecule has 1 fully saturated rings. The highest BCUT2D eigenvalue weighted by Gasteiger charge is 2.36. The summed E-state index contributed by atoms with van der Waals surface area (Å²) in [4.78, 5) is 2.36. The molecule has 1 aliphatic rings. The molecule has 1 saturated heterocycles. The summed E-state index contributed by atoms with van der Waals surface area (Å²) in [7, 11) is 0. The van der Waals surface area contributed by atoms with E-state index in [9.17, 15) is 9.50 Å². The number of benzene rings is 1. The van der Waals surface area contributed by atoms with E-state index < -0.39 is 0 Å². The van der Waals surface area contributed by atoms with Crippen molar-refractivity contribution < 1.29 is 9.50 Å². The molecule has 1 aliphatic heterocycles. The fourth-order valence-corrected chi connectivity index (χ4v) is 3.04. The number of nitrogens with one attached hydrogen (secondary N) is 1. The Balaban J connectivity index is 2.42. The van der Waals surface area contributed by atoms with Crippen LogP contribution >= 0.6 is 0 Å². The summed E-state index contributed by atoms with van der Waals surface area (Å²) in [6, 6.07) is 4.98. The van der Waals surface area contributed by atoms with Crippen LogP contribution in [0.2, 0.25) is 0 Å². The van der Waals surface area contributed by atoms with Crippen molar-refractivity contribution in [1.82, 2.24) is 10.2 Å². The molecule has 20 heavy (non-hydrogen) atoms. The van der Waals surface area contributed by atoms with Gasteiger partial charge >= 0.3 is 0 Å². The summed E-state index contributed by atoms with van der Waals surface area (Å²) in [6.07, 6.45) is 0. The molecule has 0 bridgehead atoms. The molecule has 0 aliphatic carbocycles. The Labute approximate surface area is 120 Å². The van der Waals surface area contributed by atoms with Crippen LogP contribution in [0.5, 0.6) is 0 Å². The van der Waals surface area contributed by atoms with Crippen LogP contribution in [-0.4, -0.2) is 42.8 Å². The predicted molar refractivity (Wildman–Crippen MR) is 79.2 cm³/mol. The Morgan fingerprint density at radius 1 is 1.35 bits per heavy atom. The summed E-state index contributed by atoms with van der Waals surface area (Å²) >= 11 is 0. The molecular formula is C16H25FN2O. The highest BCUT2D eigenvalue weighted by molar-refractivity contribution is 5.31. The monoisotopic (exact) mass is 280 g/mol. The van der Waals surface area contributed by atoms with Gasteiger partial charge in [-0.3, -0.25) is 4.90 Å². The van der Waals surface area contributed by atoms with Gasteiger partial charge < -0.3 is 10.4 Å². The van der Waals surface area contributed by atoms with Gasteiger partial charge in [-0.05, 0) is 30.2 Å². The average molecular weight is 280 g/mol. The van der Waals surface area contributed by atoms with Crippen molar-refractivity contribution in [3.63, 3.8) is 0 Å². The molecule has 1 aromatic carbocycles. The molecule has 1 aromatic rings. The third-order valence-electron chi connectivity index (χ3n) is 4.20. The lowest BCUT2D eigenvalue weighted by molar-refractivity contribution is 0.0300. The van der Waals surface area contributed by atoms with Crippen LogP contribution in [0.3, 0.4) is 0 Å². The number of hydrogen-bond acceptors (Lipinski definition) is 3. The van der Waals surface area contributed by atoms with Gasteiger partial charge in [0.25, 0.3) is 0 Å². The molecule has 0 spiro atoms. The Morgan fingerprint density at radius 2 is 2.00 bits per heavy atom. The molecule has 0 saturated carbocycles. The van der Waals surface area contributed by atoms with Crippen LogP contribution < -0.4 is 5.32 Å². The van der Waals surface area contributed by atoms with Gasteiger partial charge in [0, 0.05) is 44.2 Å². The zero-order valence-corrected chi connectivity index (χ0v) is 12.6. The molecule has 2 N–H and O–H groups in total. The largest absolute Gasteiger partial charge is 0.396 e. The number of nitrogens with zero attached hydrogens (tertiary/aromatic N) is 1. The molecule has 0 radical (unpaired) electrons. The van der Waals surface area contributed by atoms with E-state index in [4.69, 9.17) is 0 Å². The van der Waals surface area contributed by atoms with Crippen molar-refractivity contribution >= 4 is 0 Å². The maximum absolute atomic E-state index is 13.7. The van der Waals surface area contributed by atoms with Gasteiger partial charge in [0.1, 0.15) is 5.82 Å². The summed E-state index contributed by atoms with van der Waals surface area (Å²) in [6.45, 7) is 9.90. The van der Waals surface area contributed by atoms with E-state index in [0.29, 0.717) is 0 Å². The topological polar surface area (TPSA) is 35.5 Å². The van der Waals surface area contributed by atoms with Crippen molar-refractivity contribution in [1.29, 1.82) is 0 Å². The molecule has 1 heterocycles. The lowest BCUT2D eigenvalue weighted by Gasteiger charge is -2.44. The standard InChI is InChI=1S/C16H25FN2O/c1-12-4-5-13(17)10-14(12)15(16(2,3)11-20)19-8-6-18-7-9-19/h4-5,10,15,18,20H,6-9,11H2,1-3H3/t15-/m1/s1. The smallest absolute Gasteiger partial charge is 0.123 e. The number of aryl methyl sites for hydroxylation is 1. The van der Waals surface area contributed by atoms with Crippen LogP contribution in [0, 0.1) is 18.2 Å². The third kappa shape index (κ3) is 3.19. The summed E-state index contributed by atoms with van der Waals surface area (Å²) < 4.78 is 13.7. The highest BCUT2D eigenvalue weighted by atomic mass is 19.1. The number of aliphatic hydroxyl groups is 1. The minimum atomic E-state index is -0.310. The van der Waals surface area contributed by atoms with E-state index in [1.54, 1.807) is 6.07 Å². The van der Waals surface area contributed by atoms with Crippen LogP contribution in [0.15, 0.2) is 18.2 Å². The summed E-state index contributed by atoms with van der Waals surface area (Å²) in [5.41, 5.74) is 1.76. The van der Waals surface area contributed by atoms with Crippen LogP contribution in [0.1, 0.15) is 31.0 Å². The minimum Gasteiger partial charge on any atom is -0.396 e. The summed E-state index contributed by atoms with van der Waals surface area (Å²) in [5, 5.41) is 13.1. The molecule has 112 valence electrons. The molecule has 4 heteroatoms. The number of halogens is 1. The summed E-state index contributed by atoms with van der Waals surface area (Å²) in [5.74, 6) is -0.209. The zero-order valence-electron chi connectivity index (χ0n) is 12.6. The average Bonchev–Trinajstić information content (AvgIpc) is 2.44. The first kappa shape index (κ1) is 15.4. The molecule has 2 rings (SSSR count). The third-order valence-corrected chi connectivity index (χ3v) is 4.20. The van der Waals surface area contributed by atoms with Gasteiger partial charge in [-0.1, -0.05) is 19.9 Å².